The average molecular weight is 240 g/mol. The van der Waals surface area contributed by atoms with Crippen molar-refractivity contribution in [1.29, 1.82) is 0 Å². The van der Waals surface area contributed by atoms with Gasteiger partial charge in [-0.05, 0) is 31.9 Å². The summed E-state index contributed by atoms with van der Waals surface area (Å²) >= 11 is 0. The topological polar surface area (TPSA) is 54.4 Å². The lowest BCUT2D eigenvalue weighted by Gasteiger charge is -2.13. The molecule has 0 aromatic heterocycles. The van der Waals surface area contributed by atoms with E-state index in [9.17, 15) is 9.00 Å². The van der Waals surface area contributed by atoms with Crippen molar-refractivity contribution in [2.24, 2.45) is 0 Å². The van der Waals surface area contributed by atoms with E-state index in [2.05, 4.69) is 0 Å². The molecule has 0 saturated heterocycles. The standard InChI is InChI=1S/C12H16O3S/c1-8-5-4-6-9(2)12(8)16(15)10(3)7-11(13)14/h4-6,10H,7H2,1-3H3,(H,13,14)/t10-,16?/m1/s1. The van der Waals surface area contributed by atoms with Crippen molar-refractivity contribution in [2.45, 2.75) is 37.3 Å². The molecule has 0 radical (unpaired) electrons. The Bertz CT molecular complexity index is 406. The highest BCUT2D eigenvalue weighted by molar-refractivity contribution is 7.85. The monoisotopic (exact) mass is 240 g/mol. The van der Waals surface area contributed by atoms with Crippen LogP contribution in [-0.4, -0.2) is 20.5 Å². The Morgan fingerprint density at radius 3 is 2.31 bits per heavy atom. The van der Waals surface area contributed by atoms with Crippen LogP contribution in [0.3, 0.4) is 0 Å². The summed E-state index contributed by atoms with van der Waals surface area (Å²) in [7, 11) is -1.25. The van der Waals surface area contributed by atoms with E-state index >= 15 is 0 Å². The lowest BCUT2D eigenvalue weighted by molar-refractivity contribution is -0.136. The average Bonchev–Trinajstić information content (AvgIpc) is 2.16. The summed E-state index contributed by atoms with van der Waals surface area (Å²) in [5.41, 5.74) is 1.91. The molecule has 1 N–H and O–H groups in total. The van der Waals surface area contributed by atoms with E-state index in [0.29, 0.717) is 0 Å². The van der Waals surface area contributed by atoms with Crippen LogP contribution in [0.1, 0.15) is 24.5 Å². The molecule has 0 aliphatic heterocycles. The van der Waals surface area contributed by atoms with Crippen LogP contribution in [0, 0.1) is 13.8 Å². The molecular weight excluding hydrogens is 224 g/mol. The third-order valence-electron chi connectivity index (χ3n) is 2.44. The van der Waals surface area contributed by atoms with Crippen LogP contribution in [0.4, 0.5) is 0 Å². The number of rotatable bonds is 4. The maximum Gasteiger partial charge on any atom is 0.304 e. The summed E-state index contributed by atoms with van der Waals surface area (Å²) in [6.45, 7) is 5.50. The van der Waals surface area contributed by atoms with Crippen molar-refractivity contribution < 1.29 is 14.1 Å². The Balaban J connectivity index is 3.00. The van der Waals surface area contributed by atoms with Gasteiger partial charge < -0.3 is 5.11 Å². The van der Waals surface area contributed by atoms with E-state index in [1.165, 1.54) is 0 Å². The van der Waals surface area contributed by atoms with E-state index in [-0.39, 0.29) is 11.7 Å². The van der Waals surface area contributed by atoms with Crippen LogP contribution in [0.15, 0.2) is 23.1 Å². The van der Waals surface area contributed by atoms with Crippen molar-refractivity contribution in [2.75, 3.05) is 0 Å². The van der Waals surface area contributed by atoms with Gasteiger partial charge in [0.15, 0.2) is 0 Å². The number of hydrogen-bond acceptors (Lipinski definition) is 2. The summed E-state index contributed by atoms with van der Waals surface area (Å²) in [6, 6.07) is 5.70. The zero-order chi connectivity index (χ0) is 12.3. The summed E-state index contributed by atoms with van der Waals surface area (Å²) < 4.78 is 12.2. The summed E-state index contributed by atoms with van der Waals surface area (Å²) in [5.74, 6) is -0.910. The first-order valence-electron chi connectivity index (χ1n) is 5.12. The fourth-order valence-corrected chi connectivity index (χ4v) is 3.11. The van der Waals surface area contributed by atoms with Crippen LogP contribution < -0.4 is 0 Å². The number of carboxylic acid groups (broad SMARTS) is 1. The molecule has 1 aromatic rings. The molecule has 0 heterocycles. The Labute approximate surface area is 98.0 Å². The molecule has 1 rings (SSSR count). The molecular formula is C12H16O3S. The van der Waals surface area contributed by atoms with Crippen molar-refractivity contribution >= 4 is 16.8 Å². The first-order valence-corrected chi connectivity index (χ1v) is 6.33. The molecule has 16 heavy (non-hydrogen) atoms. The Morgan fingerprint density at radius 1 is 1.38 bits per heavy atom. The SMILES string of the molecule is Cc1cccc(C)c1S(=O)[C@H](C)CC(=O)O. The van der Waals surface area contributed by atoms with Crippen molar-refractivity contribution in [3.63, 3.8) is 0 Å². The van der Waals surface area contributed by atoms with Gasteiger partial charge in [-0.2, -0.15) is 0 Å². The lowest BCUT2D eigenvalue weighted by atomic mass is 10.2. The molecule has 2 atom stereocenters. The largest absolute Gasteiger partial charge is 0.481 e. The van der Waals surface area contributed by atoms with Crippen LogP contribution >= 0.6 is 0 Å². The molecule has 0 amide bonds. The van der Waals surface area contributed by atoms with E-state index in [1.807, 2.05) is 32.0 Å². The third-order valence-corrected chi connectivity index (χ3v) is 4.38. The first-order chi connectivity index (χ1) is 7.43. The predicted octanol–water partition coefficient (Wildman–Crippen LogP) is 2.27. The maximum atomic E-state index is 12.2. The van der Waals surface area contributed by atoms with Gasteiger partial charge in [0.2, 0.25) is 0 Å². The second kappa shape index (κ2) is 5.25. The molecule has 0 aliphatic carbocycles. The van der Waals surface area contributed by atoms with Crippen molar-refractivity contribution in [3.8, 4) is 0 Å². The van der Waals surface area contributed by atoms with Gasteiger partial charge >= 0.3 is 5.97 Å². The van der Waals surface area contributed by atoms with E-state index in [1.54, 1.807) is 6.92 Å². The number of benzene rings is 1. The van der Waals surface area contributed by atoms with Crippen LogP contribution in [0.25, 0.3) is 0 Å². The second-order valence-electron chi connectivity index (χ2n) is 3.93. The number of aryl methyl sites for hydroxylation is 2. The highest BCUT2D eigenvalue weighted by atomic mass is 32.2. The zero-order valence-electron chi connectivity index (χ0n) is 9.69. The number of aliphatic carboxylic acids is 1. The molecule has 0 saturated carbocycles. The van der Waals surface area contributed by atoms with E-state index < -0.39 is 16.8 Å². The molecule has 1 unspecified atom stereocenters. The van der Waals surface area contributed by atoms with Crippen molar-refractivity contribution in [1.82, 2.24) is 0 Å². The fourth-order valence-electron chi connectivity index (χ4n) is 1.64. The molecule has 4 heteroatoms. The molecule has 1 aromatic carbocycles. The Kier molecular flexibility index (Phi) is 4.24. The predicted molar refractivity (Wildman–Crippen MR) is 64.0 cm³/mol. The smallest absolute Gasteiger partial charge is 0.304 e. The van der Waals surface area contributed by atoms with Gasteiger partial charge in [0.1, 0.15) is 0 Å². The molecule has 3 nitrogen and oxygen atoms in total. The van der Waals surface area contributed by atoms with Crippen molar-refractivity contribution in [3.05, 3.63) is 29.3 Å². The van der Waals surface area contributed by atoms with E-state index in [0.717, 1.165) is 16.0 Å². The normalized spacial score (nSPS) is 14.4. The van der Waals surface area contributed by atoms with Gasteiger partial charge in [-0.25, -0.2) is 0 Å². The van der Waals surface area contributed by atoms with Gasteiger partial charge in [0.25, 0.3) is 0 Å². The van der Waals surface area contributed by atoms with E-state index in [4.69, 9.17) is 5.11 Å². The maximum absolute atomic E-state index is 12.2. The van der Waals surface area contributed by atoms with Gasteiger partial charge in [0, 0.05) is 10.1 Å². The zero-order valence-corrected chi connectivity index (χ0v) is 10.5. The number of carboxylic acids is 1. The second-order valence-corrected chi connectivity index (χ2v) is 5.73. The highest BCUT2D eigenvalue weighted by Gasteiger charge is 2.19. The molecule has 0 fully saturated rings. The minimum Gasteiger partial charge on any atom is -0.481 e. The first kappa shape index (κ1) is 12.9. The molecule has 0 bridgehead atoms. The minimum atomic E-state index is -1.25. The Morgan fingerprint density at radius 2 is 1.88 bits per heavy atom. The molecule has 0 aliphatic rings. The summed E-state index contributed by atoms with van der Waals surface area (Å²) in [5, 5.41) is 8.32. The fraction of sp³-hybridized carbons (Fsp3) is 0.417. The Hall–Kier alpha value is -1.16. The molecule has 88 valence electrons. The van der Waals surface area contributed by atoms with Gasteiger partial charge in [0.05, 0.1) is 17.2 Å². The van der Waals surface area contributed by atoms with Gasteiger partial charge in [-0.15, -0.1) is 0 Å². The van der Waals surface area contributed by atoms with Crippen LogP contribution in [0.2, 0.25) is 0 Å². The summed E-state index contributed by atoms with van der Waals surface area (Å²) in [4.78, 5) is 11.4. The molecule has 0 spiro atoms. The lowest BCUT2D eigenvalue weighted by Crippen LogP contribution is -2.17. The summed E-state index contributed by atoms with van der Waals surface area (Å²) in [6.07, 6.45) is -0.0691. The van der Waals surface area contributed by atoms with Gasteiger partial charge in [-0.1, -0.05) is 18.2 Å². The van der Waals surface area contributed by atoms with Crippen LogP contribution in [-0.2, 0) is 15.6 Å². The quantitative estimate of drug-likeness (QED) is 0.878. The van der Waals surface area contributed by atoms with Gasteiger partial charge in [-0.3, -0.25) is 9.00 Å². The third kappa shape index (κ3) is 2.92. The minimum absolute atomic E-state index is 0.0691. The number of hydrogen-bond donors (Lipinski definition) is 1. The number of carbonyl (C=O) groups is 1. The van der Waals surface area contributed by atoms with Crippen LogP contribution in [0.5, 0.6) is 0 Å². The highest BCUT2D eigenvalue weighted by Crippen LogP contribution is 2.21.